The van der Waals surface area contributed by atoms with E-state index in [9.17, 15) is 14.7 Å². The van der Waals surface area contributed by atoms with Crippen LogP contribution in [0.3, 0.4) is 0 Å². The Morgan fingerprint density at radius 1 is 1.23 bits per heavy atom. The van der Waals surface area contributed by atoms with Crippen LogP contribution in [0.15, 0.2) is 60.4 Å². The van der Waals surface area contributed by atoms with Crippen molar-refractivity contribution in [3.63, 3.8) is 0 Å². The number of aliphatic hydroxyl groups is 1. The van der Waals surface area contributed by atoms with Gasteiger partial charge < -0.3 is 29.2 Å². The summed E-state index contributed by atoms with van der Waals surface area (Å²) in [6, 6.07) is 8.31. The number of carbonyl (C=O) groups excluding carboxylic acids is 2. The van der Waals surface area contributed by atoms with Gasteiger partial charge in [0.05, 0.1) is 0 Å². The quantitative estimate of drug-likeness (QED) is 0.517. The second-order valence-corrected chi connectivity index (χ2v) is 12.8. The first-order chi connectivity index (χ1) is 19.1. The molecule has 7 atom stereocenters. The molecule has 0 radical (unpaired) electrons. The van der Waals surface area contributed by atoms with E-state index in [1.54, 1.807) is 4.90 Å². The molecule has 8 rings (SSSR count). The molecule has 1 aromatic carbocycles. The maximum Gasteiger partial charge on any atom is 0.410 e. The van der Waals surface area contributed by atoms with Crippen LogP contribution in [0.25, 0.3) is 10.9 Å². The number of nitrogens with one attached hydrogen (secondary N) is 1. The van der Waals surface area contributed by atoms with Crippen LogP contribution in [0.5, 0.6) is 0 Å². The summed E-state index contributed by atoms with van der Waals surface area (Å²) in [6.45, 7) is 9.30. The average molecular weight is 543 g/mol. The summed E-state index contributed by atoms with van der Waals surface area (Å²) < 4.78 is 18.7. The fourth-order valence-corrected chi connectivity index (χ4v) is 9.06. The van der Waals surface area contributed by atoms with E-state index in [-0.39, 0.29) is 17.5 Å². The van der Waals surface area contributed by atoms with Crippen molar-refractivity contribution in [3.8, 4) is 0 Å². The van der Waals surface area contributed by atoms with Crippen LogP contribution < -0.4 is 0 Å². The Morgan fingerprint density at radius 3 is 2.85 bits per heavy atom. The molecule has 1 amide bonds. The monoisotopic (exact) mass is 542 g/mol. The molecule has 2 aromatic rings. The van der Waals surface area contributed by atoms with Gasteiger partial charge in [-0.2, -0.15) is 0 Å². The van der Waals surface area contributed by atoms with E-state index in [0.29, 0.717) is 37.9 Å². The smallest absolute Gasteiger partial charge is 0.410 e. The molecule has 2 saturated carbocycles. The number of carbonyl (C=O) groups is 2. The molecule has 1 aromatic heterocycles. The van der Waals surface area contributed by atoms with Gasteiger partial charge in [0.2, 0.25) is 5.79 Å². The van der Waals surface area contributed by atoms with E-state index in [4.69, 9.17) is 14.2 Å². The van der Waals surface area contributed by atoms with Crippen molar-refractivity contribution >= 4 is 22.8 Å². The van der Waals surface area contributed by atoms with Crippen molar-refractivity contribution in [3.05, 3.63) is 71.7 Å². The number of benzene rings is 1. The van der Waals surface area contributed by atoms with Crippen LogP contribution in [0.2, 0.25) is 0 Å². The second kappa shape index (κ2) is 7.68. The third-order valence-corrected chi connectivity index (χ3v) is 11.3. The summed E-state index contributed by atoms with van der Waals surface area (Å²) in [5.41, 5.74) is 0.784. The normalized spacial score (nSPS) is 41.1. The van der Waals surface area contributed by atoms with Gasteiger partial charge in [-0.1, -0.05) is 50.8 Å². The summed E-state index contributed by atoms with van der Waals surface area (Å²) in [5, 5.41) is 14.4. The summed E-state index contributed by atoms with van der Waals surface area (Å²) in [5.74, 6) is -1.23. The summed E-state index contributed by atoms with van der Waals surface area (Å²) in [7, 11) is 0. The maximum atomic E-state index is 13.5. The molecule has 2 bridgehead atoms. The Bertz CT molecular complexity index is 1570. The van der Waals surface area contributed by atoms with Crippen LogP contribution in [-0.4, -0.2) is 63.6 Å². The van der Waals surface area contributed by atoms with Gasteiger partial charge in [-0.15, -0.1) is 0 Å². The number of ketones is 1. The van der Waals surface area contributed by atoms with Gasteiger partial charge >= 0.3 is 6.09 Å². The molecule has 8 nitrogen and oxygen atoms in total. The summed E-state index contributed by atoms with van der Waals surface area (Å²) >= 11 is 0. The van der Waals surface area contributed by atoms with Crippen molar-refractivity contribution in [2.24, 2.45) is 11.3 Å². The highest BCUT2D eigenvalue weighted by atomic mass is 16.8. The summed E-state index contributed by atoms with van der Waals surface area (Å²) in [6.07, 6.45) is 6.31. The topological polar surface area (TPSA) is 101 Å². The second-order valence-electron chi connectivity index (χ2n) is 12.8. The number of hydrogen-bond acceptors (Lipinski definition) is 6. The Labute approximate surface area is 232 Å². The number of rotatable bonds is 1. The van der Waals surface area contributed by atoms with Crippen LogP contribution in [0, 0.1) is 11.3 Å². The number of aromatic amines is 1. The Kier molecular flexibility index (Phi) is 4.69. The number of hydrogen-bond donors (Lipinski definition) is 2. The average Bonchev–Trinajstić information content (AvgIpc) is 3.56. The largest absolute Gasteiger partial charge is 0.460 e. The lowest BCUT2D eigenvalue weighted by Crippen LogP contribution is -2.75. The van der Waals surface area contributed by atoms with Crippen molar-refractivity contribution in [1.82, 2.24) is 9.88 Å². The molecule has 3 aliphatic carbocycles. The van der Waals surface area contributed by atoms with Gasteiger partial charge in [-0.25, -0.2) is 4.79 Å². The van der Waals surface area contributed by atoms with Gasteiger partial charge in [0.15, 0.2) is 11.9 Å². The fraction of sp³-hybridized carbons (Fsp3) is 0.500. The molecule has 3 fully saturated rings. The first kappa shape index (κ1) is 24.4. The minimum Gasteiger partial charge on any atom is -0.460 e. The maximum absolute atomic E-state index is 13.5. The minimum absolute atomic E-state index is 0.116. The van der Waals surface area contributed by atoms with Crippen molar-refractivity contribution in [1.29, 1.82) is 0 Å². The van der Waals surface area contributed by atoms with Gasteiger partial charge in [0.25, 0.3) is 0 Å². The number of H-pyrrole nitrogens is 1. The molecule has 208 valence electrons. The molecule has 40 heavy (non-hydrogen) atoms. The van der Waals surface area contributed by atoms with E-state index < -0.39 is 40.5 Å². The zero-order valence-electron chi connectivity index (χ0n) is 22.9. The highest BCUT2D eigenvalue weighted by Crippen LogP contribution is 2.72. The minimum atomic E-state index is -1.72. The predicted octanol–water partition coefficient (Wildman–Crippen LogP) is 4.43. The van der Waals surface area contributed by atoms with E-state index in [1.165, 1.54) is 17.0 Å². The molecule has 4 heterocycles. The number of ether oxygens (including phenoxy) is 3. The van der Waals surface area contributed by atoms with Crippen LogP contribution in [-0.2, 0) is 30.8 Å². The highest BCUT2D eigenvalue weighted by Gasteiger charge is 2.78. The molecular formula is C32H34N2O6. The van der Waals surface area contributed by atoms with Crippen LogP contribution in [0.4, 0.5) is 4.79 Å². The Balaban J connectivity index is 1.31. The molecular weight excluding hydrogens is 508 g/mol. The number of nitrogens with zero attached hydrogens (tertiary/aromatic N) is 1. The van der Waals surface area contributed by atoms with Crippen molar-refractivity contribution in [2.45, 2.75) is 75.0 Å². The SMILES string of the molecule is C=C1O[C@@]23CC[C@]4(C)[C@@]5(C)c6[nH]c7ccccc7c6C[C@@H]5C[C@H](OC(=O)N5CC=CCC5)[C@@]4(O)C2=CC(=O)[C@@H]1O3. The zero-order chi connectivity index (χ0) is 27.7. The van der Waals surface area contributed by atoms with Gasteiger partial charge in [-0.3, -0.25) is 4.79 Å². The van der Waals surface area contributed by atoms with Gasteiger partial charge in [0.1, 0.15) is 17.5 Å². The number of para-hydroxylation sites is 1. The third kappa shape index (κ3) is 2.69. The first-order valence-corrected chi connectivity index (χ1v) is 14.4. The molecule has 0 unspecified atom stereocenters. The molecule has 6 aliphatic rings. The van der Waals surface area contributed by atoms with Gasteiger partial charge in [-0.05, 0) is 49.3 Å². The molecule has 3 aliphatic heterocycles. The van der Waals surface area contributed by atoms with E-state index in [0.717, 1.165) is 24.1 Å². The van der Waals surface area contributed by atoms with E-state index >= 15 is 0 Å². The standard InChI is InChI=1S/C32H34N2O6/c1-18-26-23(35)17-24-31(39-18,40-26)12-11-29(2)30(3)19(15-21-20-9-5-6-10-22(20)33-27(21)30)16-25(32(24,29)37)38-28(36)34-13-7-4-8-14-34/h4-7,9-10,17,19,25-26,33,37H,1,8,11-16H2,2-3H3/t19-,25+,26-,29-,30-,31-,32+/m1/s1. The number of aromatic nitrogens is 1. The van der Waals surface area contributed by atoms with E-state index in [1.807, 2.05) is 12.1 Å². The van der Waals surface area contributed by atoms with Gasteiger partial charge in [0, 0.05) is 52.5 Å². The van der Waals surface area contributed by atoms with E-state index in [2.05, 4.69) is 49.7 Å². The summed E-state index contributed by atoms with van der Waals surface area (Å²) in [4.78, 5) is 32.2. The van der Waals surface area contributed by atoms with Crippen LogP contribution >= 0.6 is 0 Å². The molecule has 1 saturated heterocycles. The zero-order valence-corrected chi connectivity index (χ0v) is 22.9. The number of amides is 1. The lowest BCUT2D eigenvalue weighted by molar-refractivity contribution is -0.267. The molecule has 1 spiro atoms. The third-order valence-electron chi connectivity index (χ3n) is 11.3. The van der Waals surface area contributed by atoms with Crippen molar-refractivity contribution in [2.75, 3.05) is 13.1 Å². The fourth-order valence-electron chi connectivity index (χ4n) is 9.06. The first-order valence-electron chi connectivity index (χ1n) is 14.4. The predicted molar refractivity (Wildman–Crippen MR) is 146 cm³/mol. The molecule has 2 N–H and O–H groups in total. The lowest BCUT2D eigenvalue weighted by atomic mass is 9.41. The number of fused-ring (bicyclic) bond motifs is 9. The molecule has 8 heteroatoms. The Morgan fingerprint density at radius 2 is 2.05 bits per heavy atom. The Hall–Kier alpha value is -3.36. The highest BCUT2D eigenvalue weighted by molar-refractivity contribution is 5.98. The van der Waals surface area contributed by atoms with Crippen LogP contribution in [0.1, 0.15) is 50.8 Å². The van der Waals surface area contributed by atoms with Crippen molar-refractivity contribution < 1.29 is 28.9 Å². The lowest BCUT2D eigenvalue weighted by Gasteiger charge is -2.66.